The fourth-order valence-electron chi connectivity index (χ4n) is 10.0. The molecule has 286 valence electrons. The van der Waals surface area contributed by atoms with Gasteiger partial charge in [-0.2, -0.15) is 0 Å². The van der Waals surface area contributed by atoms with E-state index in [0.29, 0.717) is 0 Å². The van der Waals surface area contributed by atoms with Gasteiger partial charge < -0.3 is 9.32 Å². The van der Waals surface area contributed by atoms with Crippen LogP contribution in [0.3, 0.4) is 0 Å². The third kappa shape index (κ3) is 6.26. The molecule has 7 aromatic rings. The van der Waals surface area contributed by atoms with E-state index in [1.807, 2.05) is 0 Å². The topological polar surface area (TPSA) is 16.4 Å². The molecule has 0 spiro atoms. The van der Waals surface area contributed by atoms with E-state index in [1.165, 1.54) is 89.2 Å². The van der Waals surface area contributed by atoms with Crippen LogP contribution in [0, 0.1) is 27.7 Å². The maximum absolute atomic E-state index is 7.03. The van der Waals surface area contributed by atoms with E-state index in [9.17, 15) is 0 Å². The summed E-state index contributed by atoms with van der Waals surface area (Å²) in [5, 5.41) is 1.14. The van der Waals surface area contributed by atoms with E-state index in [2.05, 4.69) is 196 Å². The van der Waals surface area contributed by atoms with E-state index in [-0.39, 0.29) is 23.0 Å². The second-order valence-electron chi connectivity index (χ2n) is 19.6. The molecule has 1 aliphatic heterocycles. The average Bonchev–Trinajstić information content (AvgIpc) is 3.58. The zero-order chi connectivity index (χ0) is 40.2. The standard InChI is InChI=1S/C54H56BNO/c1-33-17-20-44-47(27-33)56(46-21-19-40(52(5,6)7)30-41(46)37-15-13-12-14-16-37)48-32-43-42(53(8,9)23-24-54(43,10)11)31-45(48)55(44)50-29-39-28-38(18-22-49(39)57-50)51-35(3)25-34(2)26-36(51)4/h12-22,25-32H,23-24H2,1-11H3. The summed E-state index contributed by atoms with van der Waals surface area (Å²) in [4.78, 5) is 2.59. The molecule has 0 saturated carbocycles. The van der Waals surface area contributed by atoms with Gasteiger partial charge in [0.15, 0.2) is 0 Å². The van der Waals surface area contributed by atoms with Crippen LogP contribution in [0.2, 0.25) is 0 Å². The molecule has 1 aromatic heterocycles. The first-order valence-electron chi connectivity index (χ1n) is 20.9. The van der Waals surface area contributed by atoms with Gasteiger partial charge in [-0.25, -0.2) is 0 Å². The van der Waals surface area contributed by atoms with Crippen molar-refractivity contribution in [2.45, 2.75) is 105 Å². The second-order valence-corrected chi connectivity index (χ2v) is 19.6. The van der Waals surface area contributed by atoms with E-state index in [4.69, 9.17) is 4.42 Å². The van der Waals surface area contributed by atoms with Gasteiger partial charge in [0.1, 0.15) is 5.58 Å². The van der Waals surface area contributed by atoms with Crippen LogP contribution in [-0.2, 0) is 16.2 Å². The number of hydrogen-bond acceptors (Lipinski definition) is 2. The minimum absolute atomic E-state index is 0.00808. The zero-order valence-corrected chi connectivity index (χ0v) is 35.8. The smallest absolute Gasteiger partial charge is 0.291 e. The maximum atomic E-state index is 7.03. The van der Waals surface area contributed by atoms with Crippen molar-refractivity contribution in [3.63, 3.8) is 0 Å². The molecule has 6 aromatic carbocycles. The van der Waals surface area contributed by atoms with Crippen LogP contribution in [0.5, 0.6) is 0 Å². The van der Waals surface area contributed by atoms with Crippen molar-refractivity contribution in [1.29, 1.82) is 0 Å². The Balaban J connectivity index is 1.32. The van der Waals surface area contributed by atoms with Gasteiger partial charge in [0.05, 0.1) is 11.3 Å². The van der Waals surface area contributed by atoms with Crippen LogP contribution in [0.1, 0.15) is 100 Å². The first kappa shape index (κ1) is 37.3. The van der Waals surface area contributed by atoms with Gasteiger partial charge in [-0.3, -0.25) is 0 Å². The lowest BCUT2D eigenvalue weighted by molar-refractivity contribution is 0.332. The highest BCUT2D eigenvalue weighted by Crippen LogP contribution is 2.50. The highest BCUT2D eigenvalue weighted by atomic mass is 16.3. The Labute approximate surface area is 341 Å². The molecular weight excluding hydrogens is 689 g/mol. The number of aryl methyl sites for hydroxylation is 4. The number of anilines is 3. The van der Waals surface area contributed by atoms with E-state index in [1.54, 1.807) is 0 Å². The van der Waals surface area contributed by atoms with E-state index in [0.717, 1.165) is 29.5 Å². The molecule has 2 aliphatic rings. The number of benzene rings is 6. The molecule has 2 heterocycles. The van der Waals surface area contributed by atoms with Crippen LogP contribution in [-0.4, -0.2) is 6.71 Å². The van der Waals surface area contributed by atoms with Crippen LogP contribution < -0.4 is 21.5 Å². The average molecular weight is 746 g/mol. The van der Waals surface area contributed by atoms with Crippen molar-refractivity contribution in [2.24, 2.45) is 0 Å². The number of fused-ring (bicyclic) bond motifs is 4. The molecule has 0 N–H and O–H groups in total. The SMILES string of the molecule is Cc1cc(C)c(-c2ccc3oc(B4c5ccc(C)cc5N(c5ccc(C(C)(C)C)cc5-c5ccccc5)c5cc6c(cc54)C(C)(C)CCC6(C)C)cc3c2)c(C)c1. The Bertz CT molecular complexity index is 2700. The Morgan fingerprint density at radius 1 is 0.579 bits per heavy atom. The molecule has 57 heavy (non-hydrogen) atoms. The molecule has 0 saturated heterocycles. The van der Waals surface area contributed by atoms with Gasteiger partial charge >= 0.3 is 0 Å². The predicted molar refractivity (Wildman–Crippen MR) is 246 cm³/mol. The quantitative estimate of drug-likeness (QED) is 0.167. The Hall–Kier alpha value is -5.28. The summed E-state index contributed by atoms with van der Waals surface area (Å²) >= 11 is 0. The van der Waals surface area contributed by atoms with Crippen molar-refractivity contribution in [2.75, 3.05) is 4.90 Å². The minimum Gasteiger partial charge on any atom is -0.470 e. The fourth-order valence-corrected chi connectivity index (χ4v) is 10.0. The Morgan fingerprint density at radius 2 is 1.25 bits per heavy atom. The number of nitrogens with zero attached hydrogens (tertiary/aromatic N) is 1. The van der Waals surface area contributed by atoms with E-state index < -0.39 is 0 Å². The lowest BCUT2D eigenvalue weighted by atomic mass is 9.36. The van der Waals surface area contributed by atoms with E-state index >= 15 is 0 Å². The van der Waals surface area contributed by atoms with Gasteiger partial charge in [-0.15, -0.1) is 0 Å². The second kappa shape index (κ2) is 13.1. The number of hydrogen-bond donors (Lipinski definition) is 0. The minimum atomic E-state index is -0.0780. The maximum Gasteiger partial charge on any atom is 0.291 e. The summed E-state index contributed by atoms with van der Waals surface area (Å²) in [5.74, 6) is 0. The zero-order valence-electron chi connectivity index (χ0n) is 35.8. The first-order chi connectivity index (χ1) is 27.0. The normalized spacial score (nSPS) is 15.7. The van der Waals surface area contributed by atoms with Crippen molar-refractivity contribution < 1.29 is 4.42 Å². The van der Waals surface area contributed by atoms with Crippen molar-refractivity contribution >= 4 is 51.3 Å². The molecule has 0 radical (unpaired) electrons. The fraction of sp³-hybridized carbons (Fsp3) is 0.296. The molecule has 0 atom stereocenters. The van der Waals surface area contributed by atoms with Crippen LogP contribution in [0.4, 0.5) is 17.1 Å². The van der Waals surface area contributed by atoms with Crippen LogP contribution in [0.15, 0.2) is 120 Å². The molecular formula is C54H56BNO. The highest BCUT2D eigenvalue weighted by molar-refractivity contribution is 6.97. The van der Waals surface area contributed by atoms with Crippen molar-refractivity contribution in [3.05, 3.63) is 154 Å². The molecule has 1 aliphatic carbocycles. The molecule has 2 nitrogen and oxygen atoms in total. The van der Waals surface area contributed by atoms with Gasteiger partial charge in [-0.05, 0) is 160 Å². The summed E-state index contributed by atoms with van der Waals surface area (Å²) in [6.07, 6.45) is 2.32. The number of rotatable bonds is 4. The van der Waals surface area contributed by atoms with Crippen molar-refractivity contribution in [1.82, 2.24) is 0 Å². The predicted octanol–water partition coefficient (Wildman–Crippen LogP) is 12.9. The summed E-state index contributed by atoms with van der Waals surface area (Å²) in [6.45, 7) is 25.5. The monoisotopic (exact) mass is 745 g/mol. The van der Waals surface area contributed by atoms with Crippen LogP contribution in [0.25, 0.3) is 33.2 Å². The molecule has 9 rings (SSSR count). The molecule has 0 unspecified atom stereocenters. The van der Waals surface area contributed by atoms with Gasteiger partial charge in [0.2, 0.25) is 0 Å². The summed E-state index contributed by atoms with van der Waals surface area (Å²) < 4.78 is 7.03. The van der Waals surface area contributed by atoms with Crippen LogP contribution >= 0.6 is 0 Å². The van der Waals surface area contributed by atoms with Gasteiger partial charge in [-0.1, -0.05) is 127 Å². The lowest BCUT2D eigenvalue weighted by Gasteiger charge is -2.45. The third-order valence-corrected chi connectivity index (χ3v) is 13.3. The molecule has 0 fully saturated rings. The lowest BCUT2D eigenvalue weighted by Crippen LogP contribution is -2.57. The Morgan fingerprint density at radius 3 is 1.93 bits per heavy atom. The van der Waals surface area contributed by atoms with Gasteiger partial charge in [0.25, 0.3) is 6.71 Å². The van der Waals surface area contributed by atoms with Gasteiger partial charge in [0, 0.05) is 22.3 Å². The third-order valence-electron chi connectivity index (χ3n) is 13.3. The first-order valence-corrected chi connectivity index (χ1v) is 20.9. The summed E-state index contributed by atoms with van der Waals surface area (Å²) in [5.41, 5.74) is 22.7. The highest BCUT2D eigenvalue weighted by Gasteiger charge is 2.43. The molecule has 0 amide bonds. The Kier molecular flexibility index (Phi) is 8.60. The molecule has 3 heteroatoms. The summed E-state index contributed by atoms with van der Waals surface area (Å²) in [6, 6.07) is 44.0. The number of furan rings is 1. The largest absolute Gasteiger partial charge is 0.470 e. The summed E-state index contributed by atoms with van der Waals surface area (Å²) in [7, 11) is 0. The van der Waals surface area contributed by atoms with Crippen molar-refractivity contribution in [3.8, 4) is 22.3 Å². The molecule has 0 bridgehead atoms.